The van der Waals surface area contributed by atoms with Crippen LogP contribution in [0, 0.1) is 0 Å². The summed E-state index contributed by atoms with van der Waals surface area (Å²) >= 11 is 0. The van der Waals surface area contributed by atoms with Gasteiger partial charge in [0.2, 0.25) is 0 Å². The van der Waals surface area contributed by atoms with Crippen molar-refractivity contribution >= 4 is 6.09 Å². The molecule has 0 spiro atoms. The summed E-state index contributed by atoms with van der Waals surface area (Å²) in [4.78, 5) is 14.4. The summed E-state index contributed by atoms with van der Waals surface area (Å²) in [5.74, 6) is 1.42. The molecule has 28 heavy (non-hydrogen) atoms. The standard InChI is InChI=1S/C22H29N3O3/c1-22(2,3)28-21(26)25-12-11-17-16(13-25)20(23-24(17)4)19-15(14-9-10-14)7-6-8-18(19)27-5/h6-8,14H,9-13H2,1-5H3. The van der Waals surface area contributed by atoms with Crippen LogP contribution in [-0.4, -0.2) is 40.0 Å². The van der Waals surface area contributed by atoms with Crippen molar-refractivity contribution in [2.45, 2.75) is 58.1 Å². The second kappa shape index (κ2) is 6.83. The van der Waals surface area contributed by atoms with E-state index in [-0.39, 0.29) is 6.09 Å². The van der Waals surface area contributed by atoms with Crippen molar-refractivity contribution in [2.75, 3.05) is 13.7 Å². The number of fused-ring (bicyclic) bond motifs is 1. The highest BCUT2D eigenvalue weighted by Crippen LogP contribution is 2.48. The molecule has 6 nitrogen and oxygen atoms in total. The van der Waals surface area contributed by atoms with E-state index in [1.807, 2.05) is 38.6 Å². The summed E-state index contributed by atoms with van der Waals surface area (Å²) in [7, 11) is 3.69. The maximum atomic E-state index is 12.6. The molecule has 2 aromatic rings. The van der Waals surface area contributed by atoms with Crippen LogP contribution in [0.4, 0.5) is 4.79 Å². The van der Waals surface area contributed by atoms with Crippen molar-refractivity contribution in [3.63, 3.8) is 0 Å². The van der Waals surface area contributed by atoms with Crippen molar-refractivity contribution in [1.82, 2.24) is 14.7 Å². The third kappa shape index (κ3) is 3.48. The molecule has 150 valence electrons. The van der Waals surface area contributed by atoms with E-state index in [9.17, 15) is 4.79 Å². The highest BCUT2D eigenvalue weighted by atomic mass is 16.6. The Hall–Kier alpha value is -2.50. The number of amides is 1. The van der Waals surface area contributed by atoms with Crippen LogP contribution in [0.5, 0.6) is 5.75 Å². The SMILES string of the molecule is COc1cccc(C2CC2)c1-c1nn(C)c2c1CN(C(=O)OC(C)(C)C)CC2. The Kier molecular flexibility index (Phi) is 4.60. The lowest BCUT2D eigenvalue weighted by atomic mass is 9.94. The van der Waals surface area contributed by atoms with Crippen LogP contribution in [0.15, 0.2) is 18.2 Å². The van der Waals surface area contributed by atoms with E-state index >= 15 is 0 Å². The monoisotopic (exact) mass is 383 g/mol. The number of hydrogen-bond acceptors (Lipinski definition) is 4. The normalized spacial score (nSPS) is 16.7. The number of nitrogens with zero attached hydrogens (tertiary/aromatic N) is 3. The van der Waals surface area contributed by atoms with Gasteiger partial charge in [-0.25, -0.2) is 4.79 Å². The molecular formula is C22H29N3O3. The van der Waals surface area contributed by atoms with Gasteiger partial charge in [0.25, 0.3) is 0 Å². The fourth-order valence-corrected chi connectivity index (χ4v) is 3.98. The maximum Gasteiger partial charge on any atom is 0.410 e. The average molecular weight is 383 g/mol. The molecule has 2 heterocycles. The number of methoxy groups -OCH3 is 1. The Balaban J connectivity index is 1.74. The largest absolute Gasteiger partial charge is 0.496 e. The summed E-state index contributed by atoms with van der Waals surface area (Å²) in [6, 6.07) is 6.24. The van der Waals surface area contributed by atoms with E-state index < -0.39 is 5.60 Å². The van der Waals surface area contributed by atoms with Crippen molar-refractivity contribution in [3.8, 4) is 17.0 Å². The van der Waals surface area contributed by atoms with E-state index in [0.717, 1.165) is 29.0 Å². The third-order valence-corrected chi connectivity index (χ3v) is 5.43. The molecule has 1 aliphatic carbocycles. The van der Waals surface area contributed by atoms with Crippen LogP contribution in [0.25, 0.3) is 11.3 Å². The minimum absolute atomic E-state index is 0.268. The molecule has 0 saturated heterocycles. The Bertz CT molecular complexity index is 906. The van der Waals surface area contributed by atoms with E-state index in [4.69, 9.17) is 14.6 Å². The lowest BCUT2D eigenvalue weighted by Gasteiger charge is -2.30. The number of rotatable bonds is 3. The van der Waals surface area contributed by atoms with Gasteiger partial charge < -0.3 is 14.4 Å². The molecule has 1 amide bonds. The van der Waals surface area contributed by atoms with Gasteiger partial charge in [0.05, 0.1) is 13.7 Å². The molecule has 0 unspecified atom stereocenters. The predicted octanol–water partition coefficient (Wildman–Crippen LogP) is 4.27. The zero-order valence-electron chi connectivity index (χ0n) is 17.4. The Morgan fingerprint density at radius 3 is 2.64 bits per heavy atom. The van der Waals surface area contributed by atoms with E-state index in [0.29, 0.717) is 19.0 Å². The van der Waals surface area contributed by atoms with Crippen molar-refractivity contribution < 1.29 is 14.3 Å². The van der Waals surface area contributed by atoms with Gasteiger partial charge >= 0.3 is 6.09 Å². The molecule has 0 atom stereocenters. The lowest BCUT2D eigenvalue weighted by Crippen LogP contribution is -2.40. The van der Waals surface area contributed by atoms with Crippen LogP contribution in [0.3, 0.4) is 0 Å². The summed E-state index contributed by atoms with van der Waals surface area (Å²) in [6.07, 6.45) is 2.92. The molecule has 0 radical (unpaired) electrons. The van der Waals surface area contributed by atoms with Gasteiger partial charge in [-0.05, 0) is 51.2 Å². The smallest absolute Gasteiger partial charge is 0.410 e. The molecular weight excluding hydrogens is 354 g/mol. The zero-order chi connectivity index (χ0) is 20.1. The van der Waals surface area contributed by atoms with E-state index in [1.165, 1.54) is 24.1 Å². The first-order valence-electron chi connectivity index (χ1n) is 9.98. The Labute approximate surface area is 166 Å². The van der Waals surface area contributed by atoms with Gasteiger partial charge in [-0.2, -0.15) is 5.10 Å². The molecule has 6 heteroatoms. The molecule has 1 aromatic carbocycles. The van der Waals surface area contributed by atoms with Gasteiger partial charge in [0.1, 0.15) is 17.0 Å². The number of ether oxygens (including phenoxy) is 2. The molecule has 1 saturated carbocycles. The van der Waals surface area contributed by atoms with Crippen LogP contribution >= 0.6 is 0 Å². The molecule has 2 aliphatic rings. The topological polar surface area (TPSA) is 56.6 Å². The van der Waals surface area contributed by atoms with Gasteiger partial charge in [0, 0.05) is 36.8 Å². The Morgan fingerprint density at radius 1 is 1.25 bits per heavy atom. The quantitative estimate of drug-likeness (QED) is 0.794. The second-order valence-electron chi connectivity index (χ2n) is 8.75. The van der Waals surface area contributed by atoms with Crippen molar-refractivity contribution in [2.24, 2.45) is 7.05 Å². The minimum atomic E-state index is -0.503. The predicted molar refractivity (Wildman–Crippen MR) is 108 cm³/mol. The van der Waals surface area contributed by atoms with Crippen LogP contribution in [0.1, 0.15) is 56.4 Å². The van der Waals surface area contributed by atoms with Crippen molar-refractivity contribution in [3.05, 3.63) is 35.0 Å². The van der Waals surface area contributed by atoms with Crippen LogP contribution < -0.4 is 4.74 Å². The number of hydrogen-bond donors (Lipinski definition) is 0. The molecule has 0 N–H and O–H groups in total. The van der Waals surface area contributed by atoms with Crippen LogP contribution in [0.2, 0.25) is 0 Å². The Morgan fingerprint density at radius 2 is 2.00 bits per heavy atom. The number of carbonyl (C=O) groups excluding carboxylic acids is 1. The van der Waals surface area contributed by atoms with Crippen molar-refractivity contribution in [1.29, 1.82) is 0 Å². The fourth-order valence-electron chi connectivity index (χ4n) is 3.98. The first kappa shape index (κ1) is 18.8. The number of carbonyl (C=O) groups is 1. The van der Waals surface area contributed by atoms with Gasteiger partial charge in [-0.1, -0.05) is 12.1 Å². The molecule has 0 bridgehead atoms. The minimum Gasteiger partial charge on any atom is -0.496 e. The zero-order valence-corrected chi connectivity index (χ0v) is 17.4. The summed E-state index contributed by atoms with van der Waals surface area (Å²) < 4.78 is 13.3. The summed E-state index contributed by atoms with van der Waals surface area (Å²) in [5.41, 5.74) is 5.10. The molecule has 4 rings (SSSR count). The van der Waals surface area contributed by atoms with E-state index in [1.54, 1.807) is 12.0 Å². The number of benzene rings is 1. The molecule has 1 aliphatic heterocycles. The van der Waals surface area contributed by atoms with Crippen LogP contribution in [-0.2, 0) is 24.8 Å². The average Bonchev–Trinajstić information content (AvgIpc) is 3.44. The second-order valence-corrected chi connectivity index (χ2v) is 8.75. The fraction of sp³-hybridized carbons (Fsp3) is 0.545. The number of aromatic nitrogens is 2. The van der Waals surface area contributed by atoms with Gasteiger partial charge in [-0.3, -0.25) is 4.68 Å². The molecule has 1 aromatic heterocycles. The highest BCUT2D eigenvalue weighted by Gasteiger charge is 2.34. The van der Waals surface area contributed by atoms with Gasteiger partial charge in [0.15, 0.2) is 0 Å². The first-order valence-corrected chi connectivity index (χ1v) is 9.98. The lowest BCUT2D eigenvalue weighted by molar-refractivity contribution is 0.0223. The van der Waals surface area contributed by atoms with E-state index in [2.05, 4.69) is 12.1 Å². The third-order valence-electron chi connectivity index (χ3n) is 5.43. The number of aryl methyl sites for hydroxylation is 1. The summed E-state index contributed by atoms with van der Waals surface area (Å²) in [5, 5.41) is 4.87. The molecule has 1 fully saturated rings. The first-order chi connectivity index (χ1) is 13.3. The maximum absolute atomic E-state index is 12.6. The van der Waals surface area contributed by atoms with Gasteiger partial charge in [-0.15, -0.1) is 0 Å². The highest BCUT2D eigenvalue weighted by molar-refractivity contribution is 5.77. The summed E-state index contributed by atoms with van der Waals surface area (Å²) in [6.45, 7) is 6.84.